The predicted octanol–water partition coefficient (Wildman–Crippen LogP) is 8.13. The average Bonchev–Trinajstić information content (AvgIpc) is 3.04. The van der Waals surface area contributed by atoms with Crippen molar-refractivity contribution in [2.24, 2.45) is 39.9 Å². The molecule has 0 heterocycles. The highest BCUT2D eigenvalue weighted by atomic mass is 16.1. The summed E-state index contributed by atoms with van der Waals surface area (Å²) in [6.45, 7) is 12.4. The Morgan fingerprint density at radius 3 is 2.45 bits per heavy atom. The summed E-state index contributed by atoms with van der Waals surface area (Å²) in [4.78, 5) is 12.4. The van der Waals surface area contributed by atoms with Gasteiger partial charge in [0.2, 0.25) is 0 Å². The van der Waals surface area contributed by atoms with Gasteiger partial charge in [0.25, 0.3) is 0 Å². The van der Waals surface area contributed by atoms with Crippen LogP contribution in [0.4, 0.5) is 0 Å². The lowest BCUT2D eigenvalue weighted by Crippen LogP contribution is -2.51. The van der Waals surface area contributed by atoms with Crippen LogP contribution in [0, 0.1) is 39.9 Å². The number of aldehydes is 1. The minimum atomic E-state index is -0.0417. The predicted molar refractivity (Wildman–Crippen MR) is 123 cm³/mol. The molecule has 6 atom stereocenters. The Labute approximate surface area is 180 Å². The fourth-order valence-electron chi connectivity index (χ4n) is 8.80. The molecule has 1 nitrogen and oxygen atoms in total. The van der Waals surface area contributed by atoms with Crippen molar-refractivity contribution in [3.8, 4) is 0 Å². The molecule has 2 fully saturated rings. The van der Waals surface area contributed by atoms with Gasteiger partial charge >= 0.3 is 0 Å². The van der Waals surface area contributed by atoms with E-state index in [0.717, 1.165) is 36.5 Å². The van der Waals surface area contributed by atoms with Crippen molar-refractivity contribution in [1.29, 1.82) is 0 Å². The molecule has 0 aromatic carbocycles. The molecule has 0 bridgehead atoms. The molecule has 0 aromatic heterocycles. The van der Waals surface area contributed by atoms with Crippen molar-refractivity contribution >= 4 is 6.29 Å². The number of fused-ring (bicyclic) bond motifs is 4. The molecule has 0 spiro atoms. The van der Waals surface area contributed by atoms with Crippen molar-refractivity contribution in [2.45, 2.75) is 118 Å². The van der Waals surface area contributed by atoms with Crippen molar-refractivity contribution in [2.75, 3.05) is 0 Å². The third-order valence-corrected chi connectivity index (χ3v) is 10.6. The quantitative estimate of drug-likeness (QED) is 0.326. The highest BCUT2D eigenvalue weighted by Gasteiger charge is 2.59. The van der Waals surface area contributed by atoms with E-state index in [1.807, 2.05) is 5.57 Å². The van der Waals surface area contributed by atoms with E-state index in [4.69, 9.17) is 0 Å². The van der Waals surface area contributed by atoms with E-state index >= 15 is 0 Å². The van der Waals surface area contributed by atoms with E-state index in [1.165, 1.54) is 76.9 Å². The molecule has 0 aliphatic heterocycles. The first kappa shape index (κ1) is 21.6. The van der Waals surface area contributed by atoms with Crippen molar-refractivity contribution in [3.63, 3.8) is 0 Å². The minimum Gasteiger partial charge on any atom is -0.303 e. The largest absolute Gasteiger partial charge is 0.303 e. The van der Waals surface area contributed by atoms with E-state index in [9.17, 15) is 4.79 Å². The van der Waals surface area contributed by atoms with Crippen LogP contribution in [-0.2, 0) is 4.79 Å². The van der Waals surface area contributed by atoms with Crippen LogP contribution in [0.2, 0.25) is 0 Å². The number of allylic oxidation sites excluding steroid dienone is 2. The fraction of sp³-hybridized carbons (Fsp3) is 0.893. The summed E-state index contributed by atoms with van der Waals surface area (Å²) in [5.41, 5.74) is 4.26. The van der Waals surface area contributed by atoms with Crippen molar-refractivity contribution in [3.05, 3.63) is 11.1 Å². The van der Waals surface area contributed by atoms with Gasteiger partial charge in [0.05, 0.1) is 0 Å². The monoisotopic (exact) mass is 398 g/mol. The van der Waals surface area contributed by atoms with Crippen LogP contribution in [-0.4, -0.2) is 6.29 Å². The van der Waals surface area contributed by atoms with E-state index in [0.29, 0.717) is 5.41 Å². The molecular formula is C28H46O. The van der Waals surface area contributed by atoms with E-state index in [2.05, 4.69) is 34.6 Å². The summed E-state index contributed by atoms with van der Waals surface area (Å²) < 4.78 is 0. The third-order valence-electron chi connectivity index (χ3n) is 10.6. The van der Waals surface area contributed by atoms with Gasteiger partial charge in [-0.25, -0.2) is 0 Å². The van der Waals surface area contributed by atoms with E-state index in [1.54, 1.807) is 5.57 Å². The van der Waals surface area contributed by atoms with Gasteiger partial charge in [0, 0.05) is 10.8 Å². The SMILES string of the molecule is CC(C)CCC[C@@H](C)[C@H]1CC[C@H]2C3=C(CC[C@]12C)[C@@]1(C)CCCCC1(C=O)CC3. The number of carbonyl (C=O) groups excluding carboxylic acids is 1. The molecule has 1 heteroatoms. The maximum atomic E-state index is 12.4. The molecule has 0 N–H and O–H groups in total. The molecule has 4 aliphatic rings. The van der Waals surface area contributed by atoms with Crippen LogP contribution in [0.25, 0.3) is 0 Å². The van der Waals surface area contributed by atoms with Gasteiger partial charge in [-0.1, -0.05) is 77.9 Å². The molecule has 0 saturated heterocycles. The molecule has 0 aromatic rings. The molecule has 0 amide bonds. The standard InChI is InChI=1S/C28H46O/c1-20(2)9-8-10-21(3)23-11-12-24-22-13-18-28(19-29)16-7-6-15-27(28,5)25(22)14-17-26(23,24)4/h19-21,23-24H,6-18H2,1-5H3/t21-,23-,24+,26-,27-,28?/m1/s1. The van der Waals surface area contributed by atoms with Crippen LogP contribution in [0.5, 0.6) is 0 Å². The fourth-order valence-corrected chi connectivity index (χ4v) is 8.80. The number of hydrogen-bond donors (Lipinski definition) is 0. The first-order valence-electron chi connectivity index (χ1n) is 13.0. The zero-order valence-corrected chi connectivity index (χ0v) is 20.0. The first-order valence-corrected chi connectivity index (χ1v) is 13.0. The highest BCUT2D eigenvalue weighted by molar-refractivity contribution is 5.64. The zero-order chi connectivity index (χ0) is 20.9. The second-order valence-corrected chi connectivity index (χ2v) is 12.4. The van der Waals surface area contributed by atoms with E-state index < -0.39 is 0 Å². The lowest BCUT2D eigenvalue weighted by atomic mass is 9.45. The normalized spacial score (nSPS) is 43.0. The van der Waals surface area contributed by atoms with Gasteiger partial charge in [0.15, 0.2) is 0 Å². The van der Waals surface area contributed by atoms with Crippen LogP contribution in [0.1, 0.15) is 118 Å². The van der Waals surface area contributed by atoms with Gasteiger partial charge in [-0.05, 0) is 80.5 Å². The zero-order valence-electron chi connectivity index (χ0n) is 20.0. The Bertz CT molecular complexity index is 659. The second-order valence-electron chi connectivity index (χ2n) is 12.4. The van der Waals surface area contributed by atoms with Crippen LogP contribution < -0.4 is 0 Å². The molecule has 164 valence electrons. The lowest BCUT2D eigenvalue weighted by molar-refractivity contribution is -0.127. The van der Waals surface area contributed by atoms with Gasteiger partial charge < -0.3 is 4.79 Å². The maximum Gasteiger partial charge on any atom is 0.127 e. The van der Waals surface area contributed by atoms with E-state index in [-0.39, 0.29) is 10.8 Å². The molecule has 29 heavy (non-hydrogen) atoms. The van der Waals surface area contributed by atoms with Crippen molar-refractivity contribution < 1.29 is 4.79 Å². The van der Waals surface area contributed by atoms with Gasteiger partial charge in [-0.15, -0.1) is 0 Å². The third kappa shape index (κ3) is 3.28. The molecule has 4 aliphatic carbocycles. The molecule has 0 radical (unpaired) electrons. The second kappa shape index (κ2) is 7.83. The van der Waals surface area contributed by atoms with Crippen LogP contribution in [0.15, 0.2) is 11.1 Å². The van der Waals surface area contributed by atoms with Gasteiger partial charge in [-0.3, -0.25) is 0 Å². The summed E-state index contributed by atoms with van der Waals surface area (Å²) >= 11 is 0. The lowest BCUT2D eigenvalue weighted by Gasteiger charge is -2.58. The Morgan fingerprint density at radius 2 is 1.72 bits per heavy atom. The minimum absolute atomic E-state index is 0.0417. The van der Waals surface area contributed by atoms with Crippen LogP contribution >= 0.6 is 0 Å². The summed E-state index contributed by atoms with van der Waals surface area (Å²) in [5, 5.41) is 0. The maximum absolute atomic E-state index is 12.4. The number of hydrogen-bond acceptors (Lipinski definition) is 1. The topological polar surface area (TPSA) is 17.1 Å². The smallest absolute Gasteiger partial charge is 0.127 e. The summed E-state index contributed by atoms with van der Waals surface area (Å²) in [7, 11) is 0. The average molecular weight is 399 g/mol. The number of carbonyl (C=O) groups is 1. The number of rotatable bonds is 6. The Morgan fingerprint density at radius 1 is 0.966 bits per heavy atom. The summed E-state index contributed by atoms with van der Waals surface area (Å²) in [6.07, 6.45) is 18.5. The first-order chi connectivity index (χ1) is 13.8. The van der Waals surface area contributed by atoms with Gasteiger partial charge in [0.1, 0.15) is 6.29 Å². The highest BCUT2D eigenvalue weighted by Crippen LogP contribution is 2.68. The summed E-state index contributed by atoms with van der Waals surface area (Å²) in [6, 6.07) is 0. The molecule has 2 saturated carbocycles. The molecule has 1 unspecified atom stereocenters. The van der Waals surface area contributed by atoms with Crippen molar-refractivity contribution in [1.82, 2.24) is 0 Å². The molecular weight excluding hydrogens is 352 g/mol. The van der Waals surface area contributed by atoms with Crippen LogP contribution in [0.3, 0.4) is 0 Å². The Balaban J connectivity index is 1.58. The Kier molecular flexibility index (Phi) is 5.84. The van der Waals surface area contributed by atoms with Gasteiger partial charge in [-0.2, -0.15) is 0 Å². The Hall–Kier alpha value is -0.590. The molecule has 4 rings (SSSR count). The summed E-state index contributed by atoms with van der Waals surface area (Å²) in [5.74, 6) is 3.43.